The Kier molecular flexibility index (Phi) is 5.06. The van der Waals surface area contributed by atoms with Crippen molar-refractivity contribution in [3.05, 3.63) is 28.8 Å². The molecule has 1 heterocycles. The van der Waals surface area contributed by atoms with Gasteiger partial charge in [0.2, 0.25) is 15.9 Å². The number of benzene rings is 1. The lowest BCUT2D eigenvalue weighted by Crippen LogP contribution is -2.49. The van der Waals surface area contributed by atoms with Gasteiger partial charge in [-0.05, 0) is 31.0 Å². The molecule has 8 heteroatoms. The molecule has 1 N–H and O–H groups in total. The maximum absolute atomic E-state index is 12.4. The summed E-state index contributed by atoms with van der Waals surface area (Å²) in [6.07, 6.45) is 3.15. The van der Waals surface area contributed by atoms with Gasteiger partial charge >= 0.3 is 0 Å². The van der Waals surface area contributed by atoms with E-state index in [1.807, 2.05) is 6.07 Å². The van der Waals surface area contributed by atoms with Gasteiger partial charge in [0.1, 0.15) is 12.1 Å². The molecule has 0 spiro atoms. The molecule has 118 valence electrons. The first-order chi connectivity index (χ1) is 10.3. The molecule has 1 aliphatic heterocycles. The third-order valence-electron chi connectivity index (χ3n) is 3.54. The van der Waals surface area contributed by atoms with E-state index in [1.165, 1.54) is 16.4 Å². The summed E-state index contributed by atoms with van der Waals surface area (Å²) in [4.78, 5) is 12.4. The fourth-order valence-electron chi connectivity index (χ4n) is 2.47. The number of nitriles is 1. The second-order valence-electron chi connectivity index (χ2n) is 5.18. The van der Waals surface area contributed by atoms with Crippen LogP contribution in [0.2, 0.25) is 5.02 Å². The SMILES string of the molecule is CS(=O)(=O)N1CCCC[C@H]1C(=O)Nc1ccc(C#N)c(Cl)c1. The summed E-state index contributed by atoms with van der Waals surface area (Å²) in [6, 6.07) is 5.77. The third kappa shape index (κ3) is 3.77. The molecule has 1 fully saturated rings. The van der Waals surface area contributed by atoms with Crippen molar-refractivity contribution in [2.24, 2.45) is 0 Å². The first-order valence-corrected chi connectivity index (χ1v) is 9.03. The van der Waals surface area contributed by atoms with Crippen molar-refractivity contribution >= 4 is 33.2 Å². The predicted octanol–water partition coefficient (Wildman–Crippen LogP) is 1.96. The molecule has 1 aliphatic rings. The second kappa shape index (κ2) is 6.65. The molecule has 0 saturated carbocycles. The molecule has 0 aliphatic carbocycles. The van der Waals surface area contributed by atoms with Gasteiger partial charge in [-0.3, -0.25) is 4.79 Å². The van der Waals surface area contributed by atoms with E-state index in [0.717, 1.165) is 19.1 Å². The molecule has 1 aromatic rings. The van der Waals surface area contributed by atoms with E-state index in [4.69, 9.17) is 16.9 Å². The molecular formula is C14H16ClN3O3S. The Morgan fingerprint density at radius 1 is 1.45 bits per heavy atom. The lowest BCUT2D eigenvalue weighted by atomic mass is 10.0. The van der Waals surface area contributed by atoms with Crippen LogP contribution in [0.25, 0.3) is 0 Å². The van der Waals surface area contributed by atoms with Crippen molar-refractivity contribution in [3.63, 3.8) is 0 Å². The number of sulfonamides is 1. The van der Waals surface area contributed by atoms with Gasteiger partial charge in [-0.2, -0.15) is 9.57 Å². The maximum atomic E-state index is 12.4. The smallest absolute Gasteiger partial charge is 0.242 e. The van der Waals surface area contributed by atoms with Crippen molar-refractivity contribution < 1.29 is 13.2 Å². The quantitative estimate of drug-likeness (QED) is 0.909. The van der Waals surface area contributed by atoms with E-state index < -0.39 is 16.1 Å². The van der Waals surface area contributed by atoms with Gasteiger partial charge in [0.05, 0.1) is 16.8 Å². The normalized spacial score (nSPS) is 19.4. The summed E-state index contributed by atoms with van der Waals surface area (Å²) in [7, 11) is -3.43. The van der Waals surface area contributed by atoms with Crippen LogP contribution >= 0.6 is 11.6 Å². The number of nitrogens with zero attached hydrogens (tertiary/aromatic N) is 2. The minimum absolute atomic E-state index is 0.240. The second-order valence-corrected chi connectivity index (χ2v) is 7.52. The van der Waals surface area contributed by atoms with Gasteiger partial charge in [-0.15, -0.1) is 0 Å². The molecule has 0 radical (unpaired) electrons. The highest BCUT2D eigenvalue weighted by Gasteiger charge is 2.34. The number of hydrogen-bond donors (Lipinski definition) is 1. The van der Waals surface area contributed by atoms with E-state index in [0.29, 0.717) is 24.2 Å². The molecule has 0 bridgehead atoms. The topological polar surface area (TPSA) is 90.3 Å². The fraction of sp³-hybridized carbons (Fsp3) is 0.429. The molecule has 1 amide bonds. The zero-order chi connectivity index (χ0) is 16.3. The Bertz CT molecular complexity index is 727. The van der Waals surface area contributed by atoms with Crippen LogP contribution in [0.15, 0.2) is 18.2 Å². The highest BCUT2D eigenvalue weighted by molar-refractivity contribution is 7.88. The van der Waals surface area contributed by atoms with Crippen molar-refractivity contribution in [1.29, 1.82) is 5.26 Å². The standard InChI is InChI=1S/C14H16ClN3O3S/c1-22(20,21)18-7-3-2-4-13(18)14(19)17-11-6-5-10(9-16)12(15)8-11/h5-6,8,13H,2-4,7H2,1H3,(H,17,19)/t13-/m0/s1. The average molecular weight is 342 g/mol. The molecule has 1 aromatic carbocycles. The predicted molar refractivity (Wildman–Crippen MR) is 84.0 cm³/mol. The summed E-state index contributed by atoms with van der Waals surface area (Å²) < 4.78 is 24.8. The number of halogens is 1. The number of anilines is 1. The van der Waals surface area contributed by atoms with Crippen LogP contribution in [-0.2, 0) is 14.8 Å². The number of carbonyl (C=O) groups is 1. The van der Waals surface area contributed by atoms with Crippen molar-refractivity contribution in [2.45, 2.75) is 25.3 Å². The molecule has 6 nitrogen and oxygen atoms in total. The molecule has 22 heavy (non-hydrogen) atoms. The lowest BCUT2D eigenvalue weighted by molar-refractivity contribution is -0.120. The number of hydrogen-bond acceptors (Lipinski definition) is 4. The highest BCUT2D eigenvalue weighted by atomic mass is 35.5. The third-order valence-corrected chi connectivity index (χ3v) is 5.14. The molecule has 1 atom stereocenters. The molecule has 1 saturated heterocycles. The van der Waals surface area contributed by atoms with E-state index >= 15 is 0 Å². The minimum Gasteiger partial charge on any atom is -0.325 e. The van der Waals surface area contributed by atoms with Crippen LogP contribution in [-0.4, -0.2) is 37.5 Å². The van der Waals surface area contributed by atoms with Gasteiger partial charge in [-0.1, -0.05) is 18.0 Å². The zero-order valence-electron chi connectivity index (χ0n) is 12.0. The summed E-state index contributed by atoms with van der Waals surface area (Å²) in [5.74, 6) is -0.383. The van der Waals surface area contributed by atoms with Crippen molar-refractivity contribution in [3.8, 4) is 6.07 Å². The number of piperidine rings is 1. The zero-order valence-corrected chi connectivity index (χ0v) is 13.6. The van der Waals surface area contributed by atoms with E-state index in [-0.39, 0.29) is 10.9 Å². The van der Waals surface area contributed by atoms with Crippen LogP contribution < -0.4 is 5.32 Å². The van der Waals surface area contributed by atoms with E-state index in [2.05, 4.69) is 5.32 Å². The molecule has 2 rings (SSSR count). The number of nitrogens with one attached hydrogen (secondary N) is 1. The molecule has 0 unspecified atom stereocenters. The van der Waals surface area contributed by atoms with Gasteiger partial charge < -0.3 is 5.32 Å². The van der Waals surface area contributed by atoms with Crippen LogP contribution in [0.4, 0.5) is 5.69 Å². The summed E-state index contributed by atoms with van der Waals surface area (Å²) in [6.45, 7) is 0.352. The molecule has 0 aromatic heterocycles. The number of amides is 1. The van der Waals surface area contributed by atoms with Crippen LogP contribution in [0.5, 0.6) is 0 Å². The largest absolute Gasteiger partial charge is 0.325 e. The van der Waals surface area contributed by atoms with Crippen LogP contribution in [0.3, 0.4) is 0 Å². The fourth-order valence-corrected chi connectivity index (χ4v) is 3.82. The first kappa shape index (κ1) is 16.7. The van der Waals surface area contributed by atoms with Gasteiger partial charge in [0.15, 0.2) is 0 Å². The van der Waals surface area contributed by atoms with Crippen LogP contribution in [0, 0.1) is 11.3 Å². The molecular weight excluding hydrogens is 326 g/mol. The number of rotatable bonds is 3. The Morgan fingerprint density at radius 3 is 2.77 bits per heavy atom. The van der Waals surface area contributed by atoms with E-state index in [1.54, 1.807) is 6.07 Å². The number of carbonyl (C=O) groups excluding carboxylic acids is 1. The Balaban J connectivity index is 2.17. The summed E-state index contributed by atoms with van der Waals surface area (Å²) >= 11 is 5.92. The van der Waals surface area contributed by atoms with Gasteiger partial charge in [0, 0.05) is 12.2 Å². The Morgan fingerprint density at radius 2 is 2.18 bits per heavy atom. The highest BCUT2D eigenvalue weighted by Crippen LogP contribution is 2.23. The minimum atomic E-state index is -3.43. The van der Waals surface area contributed by atoms with Crippen molar-refractivity contribution in [1.82, 2.24) is 4.31 Å². The van der Waals surface area contributed by atoms with E-state index in [9.17, 15) is 13.2 Å². The lowest BCUT2D eigenvalue weighted by Gasteiger charge is -2.32. The Hall–Kier alpha value is -1.62. The summed E-state index contributed by atoms with van der Waals surface area (Å²) in [5.41, 5.74) is 0.753. The first-order valence-electron chi connectivity index (χ1n) is 6.80. The summed E-state index contributed by atoms with van der Waals surface area (Å²) in [5, 5.41) is 11.7. The Labute approximate surface area is 134 Å². The van der Waals surface area contributed by atoms with Crippen molar-refractivity contribution in [2.75, 3.05) is 18.1 Å². The van der Waals surface area contributed by atoms with Gasteiger partial charge in [0.25, 0.3) is 0 Å². The maximum Gasteiger partial charge on any atom is 0.242 e. The average Bonchev–Trinajstić information content (AvgIpc) is 2.46. The monoisotopic (exact) mass is 341 g/mol. The van der Waals surface area contributed by atoms with Gasteiger partial charge in [-0.25, -0.2) is 8.42 Å². The van der Waals surface area contributed by atoms with Crippen LogP contribution in [0.1, 0.15) is 24.8 Å².